The molecule has 0 unspecified atom stereocenters. The van der Waals surface area contributed by atoms with Gasteiger partial charge in [0, 0.05) is 5.02 Å². The summed E-state index contributed by atoms with van der Waals surface area (Å²) in [5, 5.41) is 3.94. The number of nitrogens with one attached hydrogen (secondary N) is 1. The van der Waals surface area contributed by atoms with Gasteiger partial charge in [-0.3, -0.25) is 0 Å². The predicted octanol–water partition coefficient (Wildman–Crippen LogP) is 4.32. The van der Waals surface area contributed by atoms with E-state index in [4.69, 9.17) is 27.9 Å². The van der Waals surface area contributed by atoms with Crippen LogP contribution in [0.1, 0.15) is 5.56 Å². The number of ether oxygens (including phenoxy) is 1. The Morgan fingerprint density at radius 3 is 2.75 bits per heavy atom. The highest BCUT2D eigenvalue weighted by Gasteiger charge is 2.07. The zero-order chi connectivity index (χ0) is 14.5. The summed E-state index contributed by atoms with van der Waals surface area (Å²) in [4.78, 5) is 11.7. The largest absolute Gasteiger partial charge is 0.425 e. The number of carbonyl (C=O) groups excluding carboxylic acids is 1. The molecule has 0 atom stereocenters. The van der Waals surface area contributed by atoms with E-state index >= 15 is 0 Å². The van der Waals surface area contributed by atoms with Gasteiger partial charge in [0.2, 0.25) is 0 Å². The highest BCUT2D eigenvalue weighted by molar-refractivity contribution is 6.35. The molecular weight excluding hydrogens is 297 g/mol. The van der Waals surface area contributed by atoms with E-state index < -0.39 is 5.97 Å². The molecule has 0 radical (unpaired) electrons. The van der Waals surface area contributed by atoms with Gasteiger partial charge in [-0.1, -0.05) is 35.3 Å². The smallest absolute Gasteiger partial charge is 0.330 e. The van der Waals surface area contributed by atoms with Gasteiger partial charge in [-0.05, 0) is 42.8 Å². The van der Waals surface area contributed by atoms with Gasteiger partial charge in [-0.2, -0.15) is 0 Å². The van der Waals surface area contributed by atoms with Crippen molar-refractivity contribution in [1.29, 1.82) is 0 Å². The molecule has 0 fully saturated rings. The Balaban J connectivity index is 1.94. The van der Waals surface area contributed by atoms with E-state index in [-0.39, 0.29) is 6.54 Å². The summed E-state index contributed by atoms with van der Waals surface area (Å²) in [6.07, 6.45) is 0. The van der Waals surface area contributed by atoms with E-state index in [9.17, 15) is 4.79 Å². The van der Waals surface area contributed by atoms with E-state index in [0.717, 1.165) is 5.56 Å². The number of halogens is 2. The number of rotatable bonds is 4. The van der Waals surface area contributed by atoms with Crippen LogP contribution in [0.25, 0.3) is 0 Å². The minimum absolute atomic E-state index is 0.00794. The molecule has 0 saturated carbocycles. The third-order valence-electron chi connectivity index (χ3n) is 2.57. The Labute approximate surface area is 127 Å². The number of hydrogen-bond acceptors (Lipinski definition) is 3. The summed E-state index contributed by atoms with van der Waals surface area (Å²) in [6.45, 7) is 1.94. The molecule has 1 N–H and O–H groups in total. The van der Waals surface area contributed by atoms with Gasteiger partial charge in [0.05, 0.1) is 10.7 Å². The van der Waals surface area contributed by atoms with Crippen molar-refractivity contribution in [3.63, 3.8) is 0 Å². The Morgan fingerprint density at radius 1 is 1.20 bits per heavy atom. The lowest BCUT2D eigenvalue weighted by atomic mass is 10.2. The summed E-state index contributed by atoms with van der Waals surface area (Å²) in [5.41, 5.74) is 1.63. The number of hydrogen-bond donors (Lipinski definition) is 1. The van der Waals surface area contributed by atoms with Crippen molar-refractivity contribution in [2.24, 2.45) is 0 Å². The first-order valence-electron chi connectivity index (χ1n) is 6.01. The van der Waals surface area contributed by atoms with Crippen LogP contribution in [0, 0.1) is 6.92 Å². The third-order valence-corrected chi connectivity index (χ3v) is 3.14. The van der Waals surface area contributed by atoms with Gasteiger partial charge in [0.25, 0.3) is 0 Å². The van der Waals surface area contributed by atoms with Gasteiger partial charge < -0.3 is 10.1 Å². The zero-order valence-electron chi connectivity index (χ0n) is 10.8. The topological polar surface area (TPSA) is 38.3 Å². The fourth-order valence-corrected chi connectivity index (χ4v) is 2.00. The number of anilines is 1. The molecule has 2 aromatic rings. The second-order valence-corrected chi connectivity index (χ2v) is 5.11. The van der Waals surface area contributed by atoms with Crippen molar-refractivity contribution in [1.82, 2.24) is 0 Å². The first kappa shape index (κ1) is 14.7. The molecule has 0 bridgehead atoms. The van der Waals surface area contributed by atoms with Crippen LogP contribution < -0.4 is 10.1 Å². The number of esters is 1. The highest BCUT2D eigenvalue weighted by atomic mass is 35.5. The molecule has 0 amide bonds. The van der Waals surface area contributed by atoms with Gasteiger partial charge in [-0.25, -0.2) is 4.79 Å². The van der Waals surface area contributed by atoms with Crippen molar-refractivity contribution in [3.8, 4) is 5.75 Å². The van der Waals surface area contributed by atoms with Crippen molar-refractivity contribution in [3.05, 3.63) is 58.1 Å². The second-order valence-electron chi connectivity index (χ2n) is 4.27. The average Bonchev–Trinajstić information content (AvgIpc) is 2.40. The summed E-state index contributed by atoms with van der Waals surface area (Å²) >= 11 is 11.9. The predicted molar refractivity (Wildman–Crippen MR) is 81.8 cm³/mol. The molecule has 2 aromatic carbocycles. The van der Waals surface area contributed by atoms with E-state index in [1.54, 1.807) is 30.3 Å². The van der Waals surface area contributed by atoms with Crippen LogP contribution in [0.2, 0.25) is 10.0 Å². The molecule has 0 aliphatic rings. The van der Waals surface area contributed by atoms with E-state index in [1.165, 1.54) is 0 Å². The fraction of sp³-hybridized carbons (Fsp3) is 0.133. The molecule has 20 heavy (non-hydrogen) atoms. The Bertz CT molecular complexity index is 629. The summed E-state index contributed by atoms with van der Waals surface area (Å²) in [5.74, 6) is 0.126. The van der Waals surface area contributed by atoms with Crippen LogP contribution in [0.4, 0.5) is 5.69 Å². The first-order chi connectivity index (χ1) is 9.54. The molecule has 0 spiro atoms. The maximum absolute atomic E-state index is 11.7. The van der Waals surface area contributed by atoms with Gasteiger partial charge in [0.1, 0.15) is 12.3 Å². The van der Waals surface area contributed by atoms with Gasteiger partial charge >= 0.3 is 5.97 Å². The van der Waals surface area contributed by atoms with Crippen LogP contribution in [0.5, 0.6) is 5.75 Å². The van der Waals surface area contributed by atoms with E-state index in [2.05, 4.69) is 5.32 Å². The molecule has 5 heteroatoms. The molecule has 0 saturated heterocycles. The Kier molecular flexibility index (Phi) is 4.88. The van der Waals surface area contributed by atoms with Gasteiger partial charge in [-0.15, -0.1) is 0 Å². The Hall–Kier alpha value is -1.71. The second kappa shape index (κ2) is 6.64. The van der Waals surface area contributed by atoms with E-state index in [1.807, 2.05) is 19.1 Å². The van der Waals surface area contributed by atoms with Crippen LogP contribution >= 0.6 is 23.2 Å². The van der Waals surface area contributed by atoms with Crippen molar-refractivity contribution in [2.75, 3.05) is 11.9 Å². The number of aryl methyl sites for hydroxylation is 1. The zero-order valence-corrected chi connectivity index (χ0v) is 12.3. The maximum Gasteiger partial charge on any atom is 0.330 e. The van der Waals surface area contributed by atoms with Crippen LogP contribution in [-0.2, 0) is 4.79 Å². The minimum atomic E-state index is -0.397. The quantitative estimate of drug-likeness (QED) is 0.675. The minimum Gasteiger partial charge on any atom is -0.425 e. The van der Waals surface area contributed by atoms with Crippen molar-refractivity contribution < 1.29 is 9.53 Å². The molecule has 2 rings (SSSR count). The standard InChI is InChI=1S/C15H13Cl2NO2/c1-10-3-2-4-12(7-10)20-15(19)9-18-14-8-11(16)5-6-13(14)17/h2-8,18H,9H2,1H3. The molecule has 104 valence electrons. The lowest BCUT2D eigenvalue weighted by molar-refractivity contribution is -0.132. The SMILES string of the molecule is Cc1cccc(OC(=O)CNc2cc(Cl)ccc2Cl)c1. The molecule has 3 nitrogen and oxygen atoms in total. The number of carbonyl (C=O) groups is 1. The molecule has 0 aromatic heterocycles. The summed E-state index contributed by atoms with van der Waals surface area (Å²) < 4.78 is 5.21. The van der Waals surface area contributed by atoms with E-state index in [0.29, 0.717) is 21.5 Å². The highest BCUT2D eigenvalue weighted by Crippen LogP contribution is 2.25. The lowest BCUT2D eigenvalue weighted by Crippen LogP contribution is -2.19. The molecule has 0 heterocycles. The average molecular weight is 310 g/mol. The maximum atomic E-state index is 11.7. The third kappa shape index (κ3) is 4.15. The lowest BCUT2D eigenvalue weighted by Gasteiger charge is -2.09. The Morgan fingerprint density at radius 2 is 2.00 bits per heavy atom. The first-order valence-corrected chi connectivity index (χ1v) is 6.76. The summed E-state index contributed by atoms with van der Waals surface area (Å²) in [6, 6.07) is 12.3. The van der Waals surface area contributed by atoms with Crippen LogP contribution in [0.3, 0.4) is 0 Å². The molecule has 0 aliphatic carbocycles. The summed E-state index contributed by atoms with van der Waals surface area (Å²) in [7, 11) is 0. The van der Waals surface area contributed by atoms with Crippen molar-refractivity contribution in [2.45, 2.75) is 6.92 Å². The van der Waals surface area contributed by atoms with Crippen LogP contribution in [-0.4, -0.2) is 12.5 Å². The molecular formula is C15H13Cl2NO2. The fourth-order valence-electron chi connectivity index (χ4n) is 1.65. The molecule has 0 aliphatic heterocycles. The van der Waals surface area contributed by atoms with Gasteiger partial charge in [0.15, 0.2) is 0 Å². The van der Waals surface area contributed by atoms with Crippen LogP contribution in [0.15, 0.2) is 42.5 Å². The normalized spacial score (nSPS) is 10.2. The number of benzene rings is 2. The van der Waals surface area contributed by atoms with Crippen molar-refractivity contribution >= 4 is 34.9 Å². The monoisotopic (exact) mass is 309 g/mol.